The minimum absolute atomic E-state index is 0.353. The fourth-order valence-corrected chi connectivity index (χ4v) is 2.99. The highest BCUT2D eigenvalue weighted by molar-refractivity contribution is 5.80. The van der Waals surface area contributed by atoms with Crippen LogP contribution < -0.4 is 5.73 Å². The van der Waals surface area contributed by atoms with E-state index >= 15 is 0 Å². The molecule has 0 aromatic heterocycles. The second-order valence-electron chi connectivity index (χ2n) is 5.83. The molecule has 2 atom stereocenters. The molecule has 1 fully saturated rings. The molecule has 4 nitrogen and oxygen atoms in total. The first kappa shape index (κ1) is 15.3. The van der Waals surface area contributed by atoms with Crippen molar-refractivity contribution >= 4 is 5.84 Å². The van der Waals surface area contributed by atoms with Crippen LogP contribution in [0.2, 0.25) is 0 Å². The average Bonchev–Trinajstić information content (AvgIpc) is 2.61. The molecule has 0 aromatic rings. The predicted molar refractivity (Wildman–Crippen MR) is 75.9 cm³/mol. The lowest BCUT2D eigenvalue weighted by atomic mass is 9.89. The summed E-state index contributed by atoms with van der Waals surface area (Å²) in [6.07, 6.45) is 5.63. The summed E-state index contributed by atoms with van der Waals surface area (Å²) in [6, 6.07) is 0.423. The molecule has 1 saturated heterocycles. The Hall–Kier alpha value is -0.770. The van der Waals surface area contributed by atoms with Gasteiger partial charge in [0.1, 0.15) is 5.84 Å². The molecule has 2 unspecified atom stereocenters. The maximum atomic E-state index is 8.69. The molecular formula is C14H29N3O. The van der Waals surface area contributed by atoms with Gasteiger partial charge in [-0.1, -0.05) is 25.9 Å². The van der Waals surface area contributed by atoms with Crippen molar-refractivity contribution in [2.45, 2.75) is 58.9 Å². The van der Waals surface area contributed by atoms with Crippen LogP contribution >= 0.6 is 0 Å². The van der Waals surface area contributed by atoms with Crippen molar-refractivity contribution < 1.29 is 5.21 Å². The van der Waals surface area contributed by atoms with E-state index in [0.29, 0.717) is 18.3 Å². The first-order valence-electron chi connectivity index (χ1n) is 7.28. The highest BCUT2D eigenvalue weighted by Crippen LogP contribution is 2.26. The van der Waals surface area contributed by atoms with Crippen molar-refractivity contribution in [1.82, 2.24) is 4.90 Å². The molecule has 1 heterocycles. The van der Waals surface area contributed by atoms with Crippen molar-refractivity contribution in [3.63, 3.8) is 0 Å². The standard InChI is InChI=1S/C14H29N3O/c1-4-13(10-14(15)16-18)17-8-5-6-12(7-9-17)11(2)3/h11-13,18H,4-10H2,1-3H3,(H2,15,16). The van der Waals surface area contributed by atoms with Crippen LogP contribution in [-0.2, 0) is 0 Å². The third kappa shape index (κ3) is 4.48. The van der Waals surface area contributed by atoms with Crippen molar-refractivity contribution in [3.8, 4) is 0 Å². The van der Waals surface area contributed by atoms with Gasteiger partial charge in [-0.3, -0.25) is 4.90 Å². The maximum absolute atomic E-state index is 8.69. The van der Waals surface area contributed by atoms with E-state index in [1.54, 1.807) is 0 Å². The van der Waals surface area contributed by atoms with Gasteiger partial charge < -0.3 is 10.9 Å². The number of nitrogens with two attached hydrogens (primary N) is 1. The summed E-state index contributed by atoms with van der Waals surface area (Å²) < 4.78 is 0. The number of amidine groups is 1. The van der Waals surface area contributed by atoms with E-state index in [0.717, 1.165) is 31.3 Å². The molecule has 4 heteroatoms. The van der Waals surface area contributed by atoms with Crippen LogP contribution in [0.4, 0.5) is 0 Å². The van der Waals surface area contributed by atoms with E-state index < -0.39 is 0 Å². The second-order valence-corrected chi connectivity index (χ2v) is 5.83. The fourth-order valence-electron chi connectivity index (χ4n) is 2.99. The Kier molecular flexibility index (Phi) is 6.47. The minimum atomic E-state index is 0.353. The van der Waals surface area contributed by atoms with E-state index in [-0.39, 0.29) is 0 Å². The lowest BCUT2D eigenvalue weighted by Gasteiger charge is -2.29. The first-order valence-corrected chi connectivity index (χ1v) is 7.28. The summed E-state index contributed by atoms with van der Waals surface area (Å²) in [6.45, 7) is 9.14. The van der Waals surface area contributed by atoms with Gasteiger partial charge in [0.25, 0.3) is 0 Å². The minimum Gasteiger partial charge on any atom is -0.409 e. The van der Waals surface area contributed by atoms with E-state index in [1.807, 2.05) is 0 Å². The largest absolute Gasteiger partial charge is 0.409 e. The zero-order valence-electron chi connectivity index (χ0n) is 12.1. The van der Waals surface area contributed by atoms with Crippen LogP contribution in [-0.4, -0.2) is 35.1 Å². The van der Waals surface area contributed by atoms with Gasteiger partial charge in [0.05, 0.1) is 0 Å². The molecule has 3 N–H and O–H groups in total. The van der Waals surface area contributed by atoms with E-state index in [4.69, 9.17) is 10.9 Å². The topological polar surface area (TPSA) is 61.9 Å². The Labute approximate surface area is 111 Å². The number of rotatable bonds is 5. The van der Waals surface area contributed by atoms with Gasteiger partial charge in [-0.2, -0.15) is 0 Å². The van der Waals surface area contributed by atoms with E-state index in [2.05, 4.69) is 30.8 Å². The summed E-state index contributed by atoms with van der Waals surface area (Å²) in [5.41, 5.74) is 5.64. The van der Waals surface area contributed by atoms with Gasteiger partial charge in [-0.25, -0.2) is 0 Å². The third-order valence-electron chi connectivity index (χ3n) is 4.31. The molecule has 0 amide bonds. The Bertz CT molecular complexity index is 266. The second kappa shape index (κ2) is 7.62. The number of hydrogen-bond donors (Lipinski definition) is 2. The zero-order chi connectivity index (χ0) is 13.5. The molecule has 0 bridgehead atoms. The molecule has 0 aliphatic carbocycles. The smallest absolute Gasteiger partial charge is 0.140 e. The SMILES string of the molecule is CCC(CC(N)=NO)N1CCCC(C(C)C)CC1. The highest BCUT2D eigenvalue weighted by atomic mass is 16.4. The summed E-state index contributed by atoms with van der Waals surface area (Å²) in [7, 11) is 0. The number of hydrogen-bond acceptors (Lipinski definition) is 3. The number of likely N-dealkylation sites (tertiary alicyclic amines) is 1. The average molecular weight is 255 g/mol. The van der Waals surface area contributed by atoms with Crippen molar-refractivity contribution in [2.75, 3.05) is 13.1 Å². The summed E-state index contributed by atoms with van der Waals surface area (Å²) in [5.74, 6) is 2.00. The Morgan fingerprint density at radius 1 is 1.39 bits per heavy atom. The van der Waals surface area contributed by atoms with Crippen LogP contribution in [0.3, 0.4) is 0 Å². The van der Waals surface area contributed by atoms with Crippen molar-refractivity contribution in [2.24, 2.45) is 22.7 Å². The van der Waals surface area contributed by atoms with Crippen molar-refractivity contribution in [3.05, 3.63) is 0 Å². The summed E-state index contributed by atoms with van der Waals surface area (Å²) >= 11 is 0. The molecular weight excluding hydrogens is 226 g/mol. The van der Waals surface area contributed by atoms with Gasteiger partial charge >= 0.3 is 0 Å². The van der Waals surface area contributed by atoms with Gasteiger partial charge in [-0.05, 0) is 50.6 Å². The Morgan fingerprint density at radius 2 is 2.11 bits per heavy atom. The van der Waals surface area contributed by atoms with Gasteiger partial charge in [0.15, 0.2) is 0 Å². The molecule has 0 aromatic carbocycles. The number of nitrogens with zero attached hydrogens (tertiary/aromatic N) is 2. The van der Waals surface area contributed by atoms with Crippen molar-refractivity contribution in [1.29, 1.82) is 0 Å². The molecule has 0 saturated carbocycles. The highest BCUT2D eigenvalue weighted by Gasteiger charge is 2.24. The van der Waals surface area contributed by atoms with Crippen LogP contribution in [0, 0.1) is 11.8 Å². The lowest BCUT2D eigenvalue weighted by Crippen LogP contribution is -2.38. The Morgan fingerprint density at radius 3 is 2.67 bits per heavy atom. The monoisotopic (exact) mass is 255 g/mol. The van der Waals surface area contributed by atoms with Crippen LogP contribution in [0.1, 0.15) is 52.9 Å². The third-order valence-corrected chi connectivity index (χ3v) is 4.31. The van der Waals surface area contributed by atoms with Crippen LogP contribution in [0.25, 0.3) is 0 Å². The molecule has 106 valence electrons. The lowest BCUT2D eigenvalue weighted by molar-refractivity contribution is 0.195. The van der Waals surface area contributed by atoms with Gasteiger partial charge in [0.2, 0.25) is 0 Å². The van der Waals surface area contributed by atoms with Crippen LogP contribution in [0.15, 0.2) is 5.16 Å². The Balaban J connectivity index is 2.54. The van der Waals surface area contributed by atoms with Crippen LogP contribution in [0.5, 0.6) is 0 Å². The first-order chi connectivity index (χ1) is 8.58. The van der Waals surface area contributed by atoms with Gasteiger partial charge in [-0.15, -0.1) is 0 Å². The summed E-state index contributed by atoms with van der Waals surface area (Å²) in [5, 5.41) is 11.8. The molecule has 0 radical (unpaired) electrons. The summed E-state index contributed by atoms with van der Waals surface area (Å²) in [4.78, 5) is 2.53. The van der Waals surface area contributed by atoms with E-state index in [9.17, 15) is 0 Å². The maximum Gasteiger partial charge on any atom is 0.140 e. The molecule has 18 heavy (non-hydrogen) atoms. The van der Waals surface area contributed by atoms with Gasteiger partial charge in [0, 0.05) is 12.5 Å². The molecule has 0 spiro atoms. The molecule has 1 rings (SSSR count). The normalized spacial score (nSPS) is 25.1. The quantitative estimate of drug-likeness (QED) is 0.343. The predicted octanol–water partition coefficient (Wildman–Crippen LogP) is 2.66. The molecule has 1 aliphatic rings. The van der Waals surface area contributed by atoms with E-state index in [1.165, 1.54) is 19.3 Å². The number of oxime groups is 1. The fraction of sp³-hybridized carbons (Fsp3) is 0.929. The zero-order valence-corrected chi connectivity index (χ0v) is 12.1. The molecule has 1 aliphatic heterocycles.